The lowest BCUT2D eigenvalue weighted by molar-refractivity contribution is 0.553. The molecule has 0 heterocycles. The normalized spacial score (nSPS) is 11.9. The molecule has 0 aliphatic carbocycles. The van der Waals surface area contributed by atoms with Crippen LogP contribution in [0.4, 0.5) is 0 Å². The van der Waals surface area contributed by atoms with Gasteiger partial charge in [-0.3, -0.25) is 4.72 Å². The number of hydrogen-bond acceptors (Lipinski definition) is 8. The highest BCUT2D eigenvalue weighted by atomic mass is 33.1. The number of thiocarbonyl (C=S) groups is 1. The van der Waals surface area contributed by atoms with Crippen molar-refractivity contribution in [2.24, 2.45) is 4.40 Å². The van der Waals surface area contributed by atoms with Gasteiger partial charge in [0.2, 0.25) is 5.90 Å². The van der Waals surface area contributed by atoms with E-state index in [1.54, 1.807) is 83.0 Å². The van der Waals surface area contributed by atoms with Crippen molar-refractivity contribution < 1.29 is 21.6 Å². The first-order valence-electron chi connectivity index (χ1n) is 14.2. The fourth-order valence-electron chi connectivity index (χ4n) is 3.66. The van der Waals surface area contributed by atoms with Crippen LogP contribution in [0.15, 0.2) is 188 Å². The van der Waals surface area contributed by atoms with Crippen LogP contribution in [-0.4, -0.2) is 27.7 Å². The molecular weight excluding hydrogens is 701 g/mol. The summed E-state index contributed by atoms with van der Waals surface area (Å²) in [4.78, 5) is 1.55. The van der Waals surface area contributed by atoms with E-state index < -0.39 is 20.0 Å². The van der Waals surface area contributed by atoms with Gasteiger partial charge in [-0.05, 0) is 65.6 Å². The van der Waals surface area contributed by atoms with Crippen molar-refractivity contribution in [2.45, 2.75) is 14.7 Å². The molecule has 0 saturated carbocycles. The van der Waals surface area contributed by atoms with Gasteiger partial charge < -0.3 is 4.74 Å². The van der Waals surface area contributed by atoms with Gasteiger partial charge in [-0.1, -0.05) is 143 Å². The van der Waals surface area contributed by atoms with Gasteiger partial charge in [0.25, 0.3) is 20.0 Å². The third-order valence-electron chi connectivity index (χ3n) is 5.89. The third kappa shape index (κ3) is 12.6. The van der Waals surface area contributed by atoms with Crippen LogP contribution in [0.1, 0.15) is 5.56 Å². The van der Waals surface area contributed by atoms with E-state index >= 15 is 0 Å². The van der Waals surface area contributed by atoms with Crippen molar-refractivity contribution in [3.05, 3.63) is 175 Å². The van der Waals surface area contributed by atoms with E-state index in [-0.39, 0.29) is 20.7 Å². The summed E-state index contributed by atoms with van der Waals surface area (Å²) in [6.45, 7) is 0. The first kappa shape index (κ1) is 36.4. The number of hydrogen-bond donors (Lipinski definition) is 1. The van der Waals surface area contributed by atoms with Crippen LogP contribution < -0.4 is 9.46 Å². The Morgan fingerprint density at radius 2 is 1.15 bits per heavy atom. The lowest BCUT2D eigenvalue weighted by atomic mass is 10.2. The molecule has 0 amide bonds. The summed E-state index contributed by atoms with van der Waals surface area (Å²) < 4.78 is 61.1. The molecule has 7 nitrogen and oxygen atoms in total. The van der Waals surface area contributed by atoms with Crippen LogP contribution in [-0.2, 0) is 20.0 Å². The van der Waals surface area contributed by atoms with E-state index in [1.165, 1.54) is 35.1 Å². The van der Waals surface area contributed by atoms with Gasteiger partial charge in [-0.15, -0.1) is 4.40 Å². The minimum Gasteiger partial charge on any atom is -0.438 e. The number of benzene rings is 5. The second kappa shape index (κ2) is 18.8. The average molecular weight is 731 g/mol. The summed E-state index contributed by atoms with van der Waals surface area (Å²) in [6, 6.07) is 44.5. The van der Waals surface area contributed by atoms with Gasteiger partial charge >= 0.3 is 0 Å². The van der Waals surface area contributed by atoms with Gasteiger partial charge in [-0.25, -0.2) is 8.42 Å². The molecule has 12 heteroatoms. The molecular formula is C36H30N2O5S5. The van der Waals surface area contributed by atoms with E-state index in [2.05, 4.69) is 9.12 Å². The van der Waals surface area contributed by atoms with Crippen LogP contribution in [0.3, 0.4) is 0 Å². The predicted octanol–water partition coefficient (Wildman–Crippen LogP) is 8.81. The van der Waals surface area contributed by atoms with Crippen LogP contribution >= 0.6 is 33.8 Å². The number of ether oxygens (including phenoxy) is 1. The van der Waals surface area contributed by atoms with Crippen LogP contribution in [0.5, 0.6) is 5.75 Å². The second-order valence-corrected chi connectivity index (χ2v) is 15.4. The molecule has 0 aromatic heterocycles. The Hall–Kier alpha value is -4.46. The van der Waals surface area contributed by atoms with Gasteiger partial charge in [0.1, 0.15) is 10.7 Å². The Kier molecular flexibility index (Phi) is 14.2. The topological polar surface area (TPSA) is 102 Å². The number of nitrogens with one attached hydrogen (secondary N) is 1. The zero-order valence-electron chi connectivity index (χ0n) is 25.3. The molecule has 0 bridgehead atoms. The molecule has 0 atom stereocenters. The van der Waals surface area contributed by atoms with E-state index in [4.69, 9.17) is 17.0 Å². The molecule has 0 saturated heterocycles. The highest BCUT2D eigenvalue weighted by molar-refractivity contribution is 8.77. The molecule has 0 fully saturated rings. The molecule has 48 heavy (non-hydrogen) atoms. The standard InChI is InChI=1S/C21H17NO3S3.C15H13NO2S2/c23-28(24,20-14-8-3-9-15-20)22-21(25-18-10-4-1-5-11-18)16-17-26-27-19-12-6-2-7-13-19;17-20(18,14-9-5-2-6-10-14)16-15(19)12-11-13-7-3-1-4-8-13/h1-17H;1-12H,(H,16,19)/b17-16+,22-21?;12-11-. The van der Waals surface area contributed by atoms with E-state index in [0.29, 0.717) is 5.75 Å². The maximum absolute atomic E-state index is 12.6. The molecule has 0 unspecified atom stereocenters. The number of para-hydroxylation sites is 1. The first-order valence-corrected chi connectivity index (χ1v) is 19.8. The first-order chi connectivity index (χ1) is 23.2. The molecule has 244 valence electrons. The van der Waals surface area contributed by atoms with Crippen molar-refractivity contribution in [1.29, 1.82) is 0 Å². The summed E-state index contributed by atoms with van der Waals surface area (Å²) in [7, 11) is -4.48. The summed E-state index contributed by atoms with van der Waals surface area (Å²) in [5.41, 5.74) is 0.953. The fraction of sp³-hybridized carbons (Fsp3) is 0. The molecule has 0 radical (unpaired) electrons. The summed E-state index contributed by atoms with van der Waals surface area (Å²) in [6.07, 6.45) is 4.87. The van der Waals surface area contributed by atoms with Crippen molar-refractivity contribution >= 4 is 70.8 Å². The van der Waals surface area contributed by atoms with E-state index in [0.717, 1.165) is 10.5 Å². The molecule has 0 aliphatic heterocycles. The summed E-state index contributed by atoms with van der Waals surface area (Å²) in [5.74, 6) is 0.506. The summed E-state index contributed by atoms with van der Waals surface area (Å²) >= 11 is 5.02. The maximum Gasteiger partial charge on any atom is 0.285 e. The quantitative estimate of drug-likeness (QED) is 0.0473. The van der Waals surface area contributed by atoms with Crippen molar-refractivity contribution in [3.63, 3.8) is 0 Å². The summed E-state index contributed by atoms with van der Waals surface area (Å²) in [5, 5.41) is 1.75. The SMILES string of the molecule is O=S(=O)(N=C(/C=C/SSc1ccccc1)Oc1ccccc1)c1ccccc1.O=S(=O)(NC(=S)/C=C\c1ccccc1)c1ccccc1. The number of sulfonamides is 2. The van der Waals surface area contributed by atoms with E-state index in [1.807, 2.05) is 78.9 Å². The molecule has 0 spiro atoms. The third-order valence-corrected chi connectivity index (χ3v) is 10.9. The molecule has 0 aliphatic rings. The molecule has 5 rings (SSSR count). The van der Waals surface area contributed by atoms with Crippen LogP contribution in [0.25, 0.3) is 6.08 Å². The second-order valence-electron chi connectivity index (χ2n) is 9.45. The zero-order valence-corrected chi connectivity index (χ0v) is 29.4. The molecule has 1 N–H and O–H groups in total. The lowest BCUT2D eigenvalue weighted by Gasteiger charge is -2.06. The van der Waals surface area contributed by atoms with Crippen molar-refractivity contribution in [2.75, 3.05) is 0 Å². The minimum atomic E-state index is -3.87. The Morgan fingerprint density at radius 3 is 1.73 bits per heavy atom. The highest BCUT2D eigenvalue weighted by Gasteiger charge is 2.15. The lowest BCUT2D eigenvalue weighted by Crippen LogP contribution is -2.27. The average Bonchev–Trinajstić information content (AvgIpc) is 3.11. The predicted molar refractivity (Wildman–Crippen MR) is 202 cm³/mol. The van der Waals surface area contributed by atoms with Crippen molar-refractivity contribution in [1.82, 2.24) is 4.72 Å². The van der Waals surface area contributed by atoms with Gasteiger partial charge in [0, 0.05) is 11.0 Å². The number of nitrogens with zero attached hydrogens (tertiary/aromatic N) is 1. The highest BCUT2D eigenvalue weighted by Crippen LogP contribution is 2.31. The fourth-order valence-corrected chi connectivity index (χ4v) is 7.57. The Bertz CT molecular complexity index is 2040. The number of rotatable bonds is 11. The maximum atomic E-state index is 12.6. The van der Waals surface area contributed by atoms with Crippen molar-refractivity contribution in [3.8, 4) is 5.75 Å². The van der Waals surface area contributed by atoms with Crippen LogP contribution in [0.2, 0.25) is 0 Å². The molecule has 5 aromatic rings. The Morgan fingerprint density at radius 1 is 0.646 bits per heavy atom. The van der Waals surface area contributed by atoms with E-state index in [9.17, 15) is 16.8 Å². The monoisotopic (exact) mass is 730 g/mol. The Labute approximate surface area is 295 Å². The minimum absolute atomic E-state index is 0.00350. The largest absolute Gasteiger partial charge is 0.438 e. The van der Waals surface area contributed by atoms with Gasteiger partial charge in [-0.2, -0.15) is 8.42 Å². The van der Waals surface area contributed by atoms with Crippen LogP contribution in [0, 0.1) is 0 Å². The molecule has 5 aromatic carbocycles. The Balaban J connectivity index is 0.000000229. The smallest absolute Gasteiger partial charge is 0.285 e. The van der Waals surface area contributed by atoms with Gasteiger partial charge in [0.05, 0.1) is 9.79 Å². The van der Waals surface area contributed by atoms with Gasteiger partial charge in [0.15, 0.2) is 0 Å². The zero-order chi connectivity index (χ0) is 34.1.